The molecule has 6 heteroatoms. The number of ether oxygens (including phenoxy) is 1. The van der Waals surface area contributed by atoms with Crippen molar-refractivity contribution >= 4 is 17.7 Å². The number of amides is 1. The van der Waals surface area contributed by atoms with Crippen molar-refractivity contribution in [2.45, 2.75) is 31.8 Å². The molecule has 5 nitrogen and oxygen atoms in total. The van der Waals surface area contributed by atoms with Gasteiger partial charge in [-0.1, -0.05) is 0 Å². The lowest BCUT2D eigenvalue weighted by atomic mass is 10.0. The Morgan fingerprint density at radius 3 is 2.68 bits per heavy atom. The second-order valence-electron chi connectivity index (χ2n) is 5.52. The van der Waals surface area contributed by atoms with E-state index in [1.54, 1.807) is 11.8 Å². The van der Waals surface area contributed by atoms with Crippen LogP contribution in [0.3, 0.4) is 0 Å². The molecule has 0 aromatic carbocycles. The van der Waals surface area contributed by atoms with Crippen LogP contribution in [0.5, 0.6) is 0 Å². The molecule has 1 atom stereocenters. The molecule has 1 amide bonds. The first-order valence-electron chi connectivity index (χ1n) is 6.82. The number of hydrogen-bond acceptors (Lipinski definition) is 5. The monoisotopic (exact) mass is 289 g/mol. The molecule has 1 aliphatic heterocycles. The van der Waals surface area contributed by atoms with E-state index in [0.29, 0.717) is 6.54 Å². The van der Waals surface area contributed by atoms with Gasteiger partial charge in [0.1, 0.15) is 0 Å². The van der Waals surface area contributed by atoms with Crippen LogP contribution in [0.2, 0.25) is 0 Å². The van der Waals surface area contributed by atoms with Crippen LogP contribution in [0, 0.1) is 0 Å². The topological polar surface area (TPSA) is 67.6 Å². The number of morpholine rings is 1. The quantitative estimate of drug-likeness (QED) is 0.705. The number of rotatable bonds is 7. The van der Waals surface area contributed by atoms with Crippen LogP contribution in [0.15, 0.2) is 0 Å². The number of carbonyl (C=O) groups excluding carboxylic acids is 1. The van der Waals surface area contributed by atoms with Crippen LogP contribution in [0.1, 0.15) is 20.3 Å². The van der Waals surface area contributed by atoms with Crippen molar-refractivity contribution in [2.75, 3.05) is 44.9 Å². The Hall–Kier alpha value is -0.300. The molecule has 1 fully saturated rings. The van der Waals surface area contributed by atoms with Gasteiger partial charge in [-0.25, -0.2) is 0 Å². The Bertz CT molecular complexity index is 281. The van der Waals surface area contributed by atoms with Gasteiger partial charge in [0.15, 0.2) is 0 Å². The third-order valence-corrected chi connectivity index (χ3v) is 4.18. The highest BCUT2D eigenvalue weighted by Crippen LogP contribution is 2.15. The smallest absolute Gasteiger partial charge is 0.237 e. The Morgan fingerprint density at radius 1 is 1.47 bits per heavy atom. The van der Waals surface area contributed by atoms with Gasteiger partial charge in [-0.15, -0.1) is 0 Å². The SMILES string of the molecule is CSCC[C@H](N)C(=O)NCC(C)(C)N1CCOCC1. The lowest BCUT2D eigenvalue weighted by Gasteiger charge is -2.41. The number of nitrogens with one attached hydrogen (secondary N) is 1. The van der Waals surface area contributed by atoms with Gasteiger partial charge in [-0.3, -0.25) is 9.69 Å². The van der Waals surface area contributed by atoms with E-state index in [2.05, 4.69) is 24.1 Å². The van der Waals surface area contributed by atoms with Crippen molar-refractivity contribution in [3.63, 3.8) is 0 Å². The van der Waals surface area contributed by atoms with E-state index in [1.807, 2.05) is 6.26 Å². The Labute approximate surface area is 120 Å². The average molecular weight is 289 g/mol. The highest BCUT2D eigenvalue weighted by Gasteiger charge is 2.29. The predicted molar refractivity (Wildman–Crippen MR) is 80.5 cm³/mol. The summed E-state index contributed by atoms with van der Waals surface area (Å²) in [6.07, 6.45) is 2.75. The maximum atomic E-state index is 11.9. The molecule has 0 saturated carbocycles. The van der Waals surface area contributed by atoms with Crippen LogP contribution in [0.4, 0.5) is 0 Å². The minimum Gasteiger partial charge on any atom is -0.379 e. The zero-order valence-corrected chi connectivity index (χ0v) is 13.1. The zero-order chi connectivity index (χ0) is 14.3. The third-order valence-electron chi connectivity index (χ3n) is 3.53. The number of nitrogens with zero attached hydrogens (tertiary/aromatic N) is 1. The third kappa shape index (κ3) is 5.69. The van der Waals surface area contributed by atoms with E-state index in [-0.39, 0.29) is 11.4 Å². The van der Waals surface area contributed by atoms with Gasteiger partial charge in [0, 0.05) is 25.2 Å². The summed E-state index contributed by atoms with van der Waals surface area (Å²) in [6.45, 7) is 8.29. The number of thioether (sulfide) groups is 1. The average Bonchev–Trinajstić information content (AvgIpc) is 2.43. The number of nitrogens with two attached hydrogens (primary N) is 1. The fourth-order valence-electron chi connectivity index (χ4n) is 2.09. The lowest BCUT2D eigenvalue weighted by molar-refractivity contribution is -0.123. The molecular formula is C13H27N3O2S. The first-order chi connectivity index (χ1) is 8.97. The van der Waals surface area contributed by atoms with E-state index in [1.165, 1.54) is 0 Å². The van der Waals surface area contributed by atoms with Gasteiger partial charge in [-0.2, -0.15) is 11.8 Å². The van der Waals surface area contributed by atoms with Gasteiger partial charge >= 0.3 is 0 Å². The van der Waals surface area contributed by atoms with Crippen LogP contribution < -0.4 is 11.1 Å². The fraction of sp³-hybridized carbons (Fsp3) is 0.923. The molecule has 0 spiro atoms. The molecule has 1 rings (SSSR count). The van der Waals surface area contributed by atoms with Crippen molar-refractivity contribution in [1.82, 2.24) is 10.2 Å². The standard InChI is InChI=1S/C13H27N3O2S/c1-13(2,16-5-7-18-8-6-16)10-15-12(17)11(14)4-9-19-3/h11H,4-10,14H2,1-3H3,(H,15,17)/t11-/m0/s1. The van der Waals surface area contributed by atoms with E-state index in [4.69, 9.17) is 10.5 Å². The van der Waals surface area contributed by atoms with Crippen molar-refractivity contribution < 1.29 is 9.53 Å². The molecule has 0 aromatic heterocycles. The lowest BCUT2D eigenvalue weighted by Crippen LogP contribution is -2.56. The van der Waals surface area contributed by atoms with Crippen LogP contribution in [-0.4, -0.2) is 67.2 Å². The first kappa shape index (κ1) is 16.8. The summed E-state index contributed by atoms with van der Waals surface area (Å²) >= 11 is 1.71. The maximum absolute atomic E-state index is 11.9. The number of hydrogen-bond donors (Lipinski definition) is 2. The van der Waals surface area contributed by atoms with Gasteiger partial charge in [0.05, 0.1) is 19.3 Å². The molecular weight excluding hydrogens is 262 g/mol. The van der Waals surface area contributed by atoms with Crippen LogP contribution >= 0.6 is 11.8 Å². The van der Waals surface area contributed by atoms with E-state index in [9.17, 15) is 4.79 Å². The van der Waals surface area contributed by atoms with Gasteiger partial charge in [0.25, 0.3) is 0 Å². The van der Waals surface area contributed by atoms with Crippen LogP contribution in [-0.2, 0) is 9.53 Å². The largest absolute Gasteiger partial charge is 0.379 e. The molecule has 3 N–H and O–H groups in total. The highest BCUT2D eigenvalue weighted by atomic mass is 32.2. The van der Waals surface area contributed by atoms with Crippen molar-refractivity contribution in [3.05, 3.63) is 0 Å². The molecule has 0 unspecified atom stereocenters. The summed E-state index contributed by atoms with van der Waals surface area (Å²) in [7, 11) is 0. The van der Waals surface area contributed by atoms with E-state index < -0.39 is 6.04 Å². The Morgan fingerprint density at radius 2 is 2.11 bits per heavy atom. The summed E-state index contributed by atoms with van der Waals surface area (Å²) < 4.78 is 5.35. The molecule has 1 aliphatic rings. The molecule has 112 valence electrons. The molecule has 19 heavy (non-hydrogen) atoms. The Balaban J connectivity index is 2.34. The highest BCUT2D eigenvalue weighted by molar-refractivity contribution is 7.98. The second-order valence-corrected chi connectivity index (χ2v) is 6.50. The van der Waals surface area contributed by atoms with Gasteiger partial charge in [-0.05, 0) is 32.3 Å². The zero-order valence-electron chi connectivity index (χ0n) is 12.3. The van der Waals surface area contributed by atoms with E-state index in [0.717, 1.165) is 38.5 Å². The molecule has 0 aromatic rings. The molecule has 1 heterocycles. The summed E-state index contributed by atoms with van der Waals surface area (Å²) in [4.78, 5) is 14.2. The van der Waals surface area contributed by atoms with Crippen molar-refractivity contribution in [1.29, 1.82) is 0 Å². The van der Waals surface area contributed by atoms with Gasteiger partial charge < -0.3 is 15.8 Å². The summed E-state index contributed by atoms with van der Waals surface area (Å²) in [5, 5.41) is 2.97. The molecule has 0 bridgehead atoms. The predicted octanol–water partition coefficient (Wildman–Crippen LogP) is 0.294. The normalized spacial score (nSPS) is 19.2. The minimum absolute atomic E-state index is 0.0459. The maximum Gasteiger partial charge on any atom is 0.237 e. The van der Waals surface area contributed by atoms with Crippen molar-refractivity contribution in [2.24, 2.45) is 5.73 Å². The molecule has 0 aliphatic carbocycles. The van der Waals surface area contributed by atoms with Crippen LogP contribution in [0.25, 0.3) is 0 Å². The number of carbonyl (C=O) groups is 1. The summed E-state index contributed by atoms with van der Waals surface area (Å²) in [5.74, 6) is 0.872. The van der Waals surface area contributed by atoms with Crippen molar-refractivity contribution in [3.8, 4) is 0 Å². The first-order valence-corrected chi connectivity index (χ1v) is 8.22. The minimum atomic E-state index is -0.395. The van der Waals surface area contributed by atoms with E-state index >= 15 is 0 Å². The van der Waals surface area contributed by atoms with Gasteiger partial charge in [0.2, 0.25) is 5.91 Å². The fourth-order valence-corrected chi connectivity index (χ4v) is 2.58. The summed E-state index contributed by atoms with van der Waals surface area (Å²) in [5.41, 5.74) is 5.80. The molecule has 1 saturated heterocycles. The Kier molecular flexibility index (Phi) is 7.13. The summed E-state index contributed by atoms with van der Waals surface area (Å²) in [6, 6.07) is -0.395. The second kappa shape index (κ2) is 8.09. The molecule has 0 radical (unpaired) electrons.